The lowest BCUT2D eigenvalue weighted by Crippen LogP contribution is -2.30. The summed E-state index contributed by atoms with van der Waals surface area (Å²) in [6.45, 7) is 8.11. The number of benzene rings is 1. The number of rotatable bonds is 5. The summed E-state index contributed by atoms with van der Waals surface area (Å²) in [5.74, 6) is 1.80. The summed E-state index contributed by atoms with van der Waals surface area (Å²) in [6, 6.07) is 12.3. The molecule has 4 rings (SSSR count). The van der Waals surface area contributed by atoms with Crippen LogP contribution in [-0.2, 0) is 13.1 Å². The summed E-state index contributed by atoms with van der Waals surface area (Å²) >= 11 is 0. The van der Waals surface area contributed by atoms with Crippen LogP contribution >= 0.6 is 0 Å². The highest BCUT2D eigenvalue weighted by Gasteiger charge is 2.18. The Balaban J connectivity index is 1.33. The van der Waals surface area contributed by atoms with Gasteiger partial charge in [-0.15, -0.1) is 0 Å². The lowest BCUT2D eigenvalue weighted by Gasteiger charge is -2.21. The van der Waals surface area contributed by atoms with Gasteiger partial charge >= 0.3 is 0 Å². The van der Waals surface area contributed by atoms with Crippen LogP contribution in [0.25, 0.3) is 11.6 Å². The molecule has 3 aromatic rings. The predicted molar refractivity (Wildman–Crippen MR) is 98.4 cm³/mol. The molecule has 6 nitrogen and oxygen atoms in total. The monoisotopic (exact) mass is 352 g/mol. The van der Waals surface area contributed by atoms with Gasteiger partial charge in [-0.25, -0.2) is 0 Å². The Morgan fingerprint density at radius 3 is 2.54 bits per heavy atom. The second-order valence-electron chi connectivity index (χ2n) is 6.82. The molecule has 0 unspecified atom stereocenters. The number of furan rings is 1. The van der Waals surface area contributed by atoms with E-state index in [1.54, 1.807) is 6.26 Å². The zero-order valence-corrected chi connectivity index (χ0v) is 15.1. The van der Waals surface area contributed by atoms with Crippen molar-refractivity contribution >= 4 is 0 Å². The Kier molecular flexibility index (Phi) is 5.13. The van der Waals surface area contributed by atoms with Crippen LogP contribution in [0.2, 0.25) is 0 Å². The van der Waals surface area contributed by atoms with E-state index in [0.717, 1.165) is 39.1 Å². The first kappa shape index (κ1) is 17.0. The summed E-state index contributed by atoms with van der Waals surface area (Å²) in [4.78, 5) is 9.37. The molecule has 1 aromatic carbocycles. The van der Waals surface area contributed by atoms with Crippen molar-refractivity contribution < 1.29 is 8.94 Å². The van der Waals surface area contributed by atoms with Gasteiger partial charge in [0, 0.05) is 19.6 Å². The lowest BCUT2D eigenvalue weighted by molar-refractivity contribution is 0.222. The molecule has 0 saturated carbocycles. The molecule has 0 spiro atoms. The highest BCUT2D eigenvalue weighted by atomic mass is 16.5. The molecule has 0 bridgehead atoms. The van der Waals surface area contributed by atoms with Crippen LogP contribution < -0.4 is 0 Å². The van der Waals surface area contributed by atoms with Crippen LogP contribution in [0.15, 0.2) is 51.6 Å². The second kappa shape index (κ2) is 7.85. The van der Waals surface area contributed by atoms with Crippen LogP contribution in [0, 0.1) is 6.92 Å². The minimum Gasteiger partial charge on any atom is -0.461 e. The molecular formula is C20H24N4O2. The first-order valence-corrected chi connectivity index (χ1v) is 9.13. The van der Waals surface area contributed by atoms with Gasteiger partial charge in [-0.2, -0.15) is 4.98 Å². The summed E-state index contributed by atoms with van der Waals surface area (Å²) in [5, 5.41) is 4.01. The van der Waals surface area contributed by atoms with Crippen molar-refractivity contribution in [1.82, 2.24) is 19.9 Å². The van der Waals surface area contributed by atoms with Gasteiger partial charge in [0.05, 0.1) is 12.8 Å². The molecule has 3 heterocycles. The minimum atomic E-state index is 0.515. The molecule has 0 aliphatic carbocycles. The normalized spacial score (nSPS) is 16.7. The third kappa shape index (κ3) is 4.03. The minimum absolute atomic E-state index is 0.515. The SMILES string of the molecule is Cc1ccccc1CN1CCCN(Cc2nc(-c3ccco3)no2)CC1. The van der Waals surface area contributed by atoms with E-state index in [9.17, 15) is 0 Å². The average Bonchev–Trinajstić information content (AvgIpc) is 3.28. The van der Waals surface area contributed by atoms with Crippen molar-refractivity contribution in [3.05, 3.63) is 59.7 Å². The summed E-state index contributed by atoms with van der Waals surface area (Å²) in [7, 11) is 0. The molecule has 0 atom stereocenters. The molecule has 0 N–H and O–H groups in total. The van der Waals surface area contributed by atoms with Crippen LogP contribution in [0.5, 0.6) is 0 Å². The van der Waals surface area contributed by atoms with Crippen LogP contribution in [-0.4, -0.2) is 46.1 Å². The molecule has 1 aliphatic heterocycles. The maximum Gasteiger partial charge on any atom is 0.241 e. The van der Waals surface area contributed by atoms with E-state index in [1.165, 1.54) is 11.1 Å². The zero-order valence-electron chi connectivity index (χ0n) is 15.1. The predicted octanol–water partition coefficient (Wildman–Crippen LogP) is 3.35. The highest BCUT2D eigenvalue weighted by molar-refractivity contribution is 5.44. The largest absolute Gasteiger partial charge is 0.461 e. The van der Waals surface area contributed by atoms with E-state index in [-0.39, 0.29) is 0 Å². The van der Waals surface area contributed by atoms with Gasteiger partial charge < -0.3 is 8.94 Å². The van der Waals surface area contributed by atoms with Gasteiger partial charge in [-0.05, 0) is 49.7 Å². The molecule has 2 aromatic heterocycles. The Hall–Kier alpha value is -2.44. The third-order valence-corrected chi connectivity index (χ3v) is 4.90. The Labute approximate surface area is 153 Å². The summed E-state index contributed by atoms with van der Waals surface area (Å²) in [6.07, 6.45) is 2.76. The fourth-order valence-electron chi connectivity index (χ4n) is 3.39. The van der Waals surface area contributed by atoms with E-state index in [0.29, 0.717) is 24.0 Å². The lowest BCUT2D eigenvalue weighted by atomic mass is 10.1. The van der Waals surface area contributed by atoms with Crippen molar-refractivity contribution in [2.75, 3.05) is 26.2 Å². The first-order valence-electron chi connectivity index (χ1n) is 9.13. The van der Waals surface area contributed by atoms with Crippen LogP contribution in [0.1, 0.15) is 23.4 Å². The maximum atomic E-state index is 5.39. The molecule has 6 heteroatoms. The van der Waals surface area contributed by atoms with Gasteiger partial charge in [0.15, 0.2) is 5.76 Å². The Bertz CT molecular complexity index is 828. The van der Waals surface area contributed by atoms with Gasteiger partial charge in [0.2, 0.25) is 11.7 Å². The number of aromatic nitrogens is 2. The third-order valence-electron chi connectivity index (χ3n) is 4.90. The fraction of sp³-hybridized carbons (Fsp3) is 0.400. The quantitative estimate of drug-likeness (QED) is 0.702. The number of hydrogen-bond donors (Lipinski definition) is 0. The first-order chi connectivity index (χ1) is 12.8. The molecule has 26 heavy (non-hydrogen) atoms. The number of nitrogens with zero attached hydrogens (tertiary/aromatic N) is 4. The van der Waals surface area contributed by atoms with E-state index in [1.807, 2.05) is 12.1 Å². The molecular weight excluding hydrogens is 328 g/mol. The van der Waals surface area contributed by atoms with Crippen molar-refractivity contribution in [2.45, 2.75) is 26.4 Å². The van der Waals surface area contributed by atoms with Gasteiger partial charge in [-0.1, -0.05) is 29.4 Å². The van der Waals surface area contributed by atoms with E-state index < -0.39 is 0 Å². The van der Waals surface area contributed by atoms with Gasteiger partial charge in [0.25, 0.3) is 0 Å². The molecule has 1 fully saturated rings. The van der Waals surface area contributed by atoms with Crippen LogP contribution in [0.4, 0.5) is 0 Å². The molecule has 1 saturated heterocycles. The Morgan fingerprint density at radius 1 is 0.962 bits per heavy atom. The van der Waals surface area contributed by atoms with E-state index >= 15 is 0 Å². The van der Waals surface area contributed by atoms with E-state index in [4.69, 9.17) is 8.94 Å². The summed E-state index contributed by atoms with van der Waals surface area (Å²) < 4.78 is 10.7. The average molecular weight is 352 g/mol. The van der Waals surface area contributed by atoms with Crippen molar-refractivity contribution in [2.24, 2.45) is 0 Å². The second-order valence-corrected chi connectivity index (χ2v) is 6.82. The molecule has 0 amide bonds. The number of hydrogen-bond acceptors (Lipinski definition) is 6. The standard InChI is InChI=1S/C20H24N4O2/c1-16-6-2-3-7-17(16)14-23-9-5-10-24(12-11-23)15-19-21-20(22-26-19)18-8-4-13-25-18/h2-4,6-8,13H,5,9-12,14-15H2,1H3. The van der Waals surface area contributed by atoms with Crippen molar-refractivity contribution in [3.63, 3.8) is 0 Å². The molecule has 136 valence electrons. The maximum absolute atomic E-state index is 5.39. The fourth-order valence-corrected chi connectivity index (χ4v) is 3.39. The highest BCUT2D eigenvalue weighted by Crippen LogP contribution is 2.17. The topological polar surface area (TPSA) is 58.5 Å². The number of aryl methyl sites for hydroxylation is 1. The van der Waals surface area contributed by atoms with Crippen molar-refractivity contribution in [3.8, 4) is 11.6 Å². The zero-order chi connectivity index (χ0) is 17.8. The smallest absolute Gasteiger partial charge is 0.241 e. The van der Waals surface area contributed by atoms with Gasteiger partial charge in [-0.3, -0.25) is 9.80 Å². The van der Waals surface area contributed by atoms with E-state index in [2.05, 4.69) is 51.1 Å². The summed E-state index contributed by atoms with van der Waals surface area (Å²) in [5.41, 5.74) is 2.78. The van der Waals surface area contributed by atoms with Gasteiger partial charge in [0.1, 0.15) is 0 Å². The molecule has 0 radical (unpaired) electrons. The van der Waals surface area contributed by atoms with Crippen molar-refractivity contribution in [1.29, 1.82) is 0 Å². The Morgan fingerprint density at radius 2 is 1.77 bits per heavy atom. The van der Waals surface area contributed by atoms with Crippen LogP contribution in [0.3, 0.4) is 0 Å². The molecule has 1 aliphatic rings.